The second kappa shape index (κ2) is 5.92. The normalized spacial score (nSPS) is 10.7. The van der Waals surface area contributed by atoms with E-state index in [0.29, 0.717) is 11.4 Å². The smallest absolute Gasteiger partial charge is 0.209 e. The van der Waals surface area contributed by atoms with Gasteiger partial charge in [-0.2, -0.15) is 10.2 Å². The monoisotopic (exact) mass is 315 g/mol. The van der Waals surface area contributed by atoms with Gasteiger partial charge >= 0.3 is 0 Å². The van der Waals surface area contributed by atoms with E-state index in [0.717, 1.165) is 11.4 Å². The molecule has 3 aromatic heterocycles. The van der Waals surface area contributed by atoms with E-state index in [9.17, 15) is 4.79 Å². The average molecular weight is 315 g/mol. The zero-order valence-corrected chi connectivity index (χ0v) is 12.6. The van der Waals surface area contributed by atoms with Crippen LogP contribution in [0.1, 0.15) is 0 Å². The average Bonchev–Trinajstić information content (AvgIpc) is 3.13. The molecule has 0 spiro atoms. The lowest BCUT2D eigenvalue weighted by atomic mass is 10.2. The maximum Gasteiger partial charge on any atom is 0.209 e. The second-order valence-corrected chi connectivity index (χ2v) is 5.14. The molecule has 0 saturated carbocycles. The van der Waals surface area contributed by atoms with Crippen molar-refractivity contribution in [3.63, 3.8) is 0 Å². The Hall–Kier alpha value is -3.54. The van der Waals surface area contributed by atoms with Gasteiger partial charge in [0.2, 0.25) is 5.43 Å². The van der Waals surface area contributed by atoms with Crippen LogP contribution in [0.2, 0.25) is 0 Å². The van der Waals surface area contributed by atoms with Gasteiger partial charge < -0.3 is 0 Å². The molecule has 116 valence electrons. The van der Waals surface area contributed by atoms with Crippen LogP contribution in [0.15, 0.2) is 84.2 Å². The molecule has 0 saturated heterocycles. The lowest BCUT2D eigenvalue weighted by molar-refractivity contribution is 0.821. The Kier molecular flexibility index (Phi) is 3.47. The Morgan fingerprint density at radius 3 is 2.38 bits per heavy atom. The summed E-state index contributed by atoms with van der Waals surface area (Å²) >= 11 is 0. The molecular formula is C18H13N5O. The van der Waals surface area contributed by atoms with Gasteiger partial charge in [0, 0.05) is 24.7 Å². The van der Waals surface area contributed by atoms with E-state index in [1.165, 1.54) is 6.07 Å². The fourth-order valence-electron chi connectivity index (χ4n) is 2.48. The van der Waals surface area contributed by atoms with Gasteiger partial charge in [-0.05, 0) is 30.3 Å². The number of hydrogen-bond acceptors (Lipinski definition) is 4. The molecule has 0 unspecified atom stereocenters. The van der Waals surface area contributed by atoms with Crippen LogP contribution in [-0.2, 0) is 0 Å². The van der Waals surface area contributed by atoms with Gasteiger partial charge in [0.25, 0.3) is 0 Å². The van der Waals surface area contributed by atoms with Gasteiger partial charge in [0.1, 0.15) is 0 Å². The number of rotatable bonds is 3. The molecular weight excluding hydrogens is 302 g/mol. The van der Waals surface area contributed by atoms with Crippen molar-refractivity contribution in [1.82, 2.24) is 24.5 Å². The first-order valence-electron chi connectivity index (χ1n) is 7.43. The van der Waals surface area contributed by atoms with Crippen LogP contribution in [0.25, 0.3) is 22.8 Å². The molecule has 4 rings (SSSR count). The minimum absolute atomic E-state index is 0.155. The molecule has 4 aromatic rings. The number of nitrogens with zero attached hydrogens (tertiary/aromatic N) is 5. The van der Waals surface area contributed by atoms with Crippen LogP contribution in [0.3, 0.4) is 0 Å². The van der Waals surface area contributed by atoms with Crippen LogP contribution < -0.4 is 5.43 Å². The molecule has 0 amide bonds. The van der Waals surface area contributed by atoms with E-state index < -0.39 is 0 Å². The first-order valence-corrected chi connectivity index (χ1v) is 7.43. The largest absolute Gasteiger partial charge is 0.287 e. The van der Waals surface area contributed by atoms with Crippen LogP contribution in [-0.4, -0.2) is 24.5 Å². The SMILES string of the molecule is O=c1ccn(-c2ccncc2)nc1-c1ccnn1-c1ccccc1. The van der Waals surface area contributed by atoms with Crippen molar-refractivity contribution >= 4 is 0 Å². The van der Waals surface area contributed by atoms with Crippen molar-refractivity contribution < 1.29 is 0 Å². The highest BCUT2D eigenvalue weighted by Crippen LogP contribution is 2.18. The molecule has 24 heavy (non-hydrogen) atoms. The highest BCUT2D eigenvalue weighted by Gasteiger charge is 2.13. The lowest BCUT2D eigenvalue weighted by Crippen LogP contribution is -2.14. The summed E-state index contributed by atoms with van der Waals surface area (Å²) in [7, 11) is 0. The number of aromatic nitrogens is 5. The predicted molar refractivity (Wildman–Crippen MR) is 90.2 cm³/mol. The zero-order chi connectivity index (χ0) is 16.4. The van der Waals surface area contributed by atoms with Crippen molar-refractivity contribution in [1.29, 1.82) is 0 Å². The first kappa shape index (κ1) is 14.1. The summed E-state index contributed by atoms with van der Waals surface area (Å²) in [4.78, 5) is 16.4. The van der Waals surface area contributed by atoms with E-state index in [4.69, 9.17) is 0 Å². The quantitative estimate of drug-likeness (QED) is 0.582. The first-order chi connectivity index (χ1) is 11.8. The van der Waals surface area contributed by atoms with Gasteiger partial charge in [-0.3, -0.25) is 9.78 Å². The molecule has 0 atom stereocenters. The van der Waals surface area contributed by atoms with Crippen LogP contribution in [0.5, 0.6) is 0 Å². The fraction of sp³-hybridized carbons (Fsp3) is 0. The van der Waals surface area contributed by atoms with Crippen molar-refractivity contribution in [3.05, 3.63) is 89.6 Å². The maximum absolute atomic E-state index is 12.4. The third-order valence-corrected chi connectivity index (χ3v) is 3.62. The second-order valence-electron chi connectivity index (χ2n) is 5.14. The van der Waals surface area contributed by atoms with Gasteiger partial charge in [0.15, 0.2) is 5.69 Å². The Morgan fingerprint density at radius 2 is 1.58 bits per heavy atom. The standard InChI is InChI=1S/C18H13N5O/c24-17-9-13-22(14-6-10-19-11-7-14)21-18(17)16-8-12-20-23(16)15-4-2-1-3-5-15/h1-13H. The topological polar surface area (TPSA) is 65.6 Å². The third-order valence-electron chi connectivity index (χ3n) is 3.62. The molecule has 1 aromatic carbocycles. The molecule has 0 fully saturated rings. The van der Waals surface area contributed by atoms with E-state index in [1.54, 1.807) is 40.2 Å². The van der Waals surface area contributed by atoms with Crippen molar-refractivity contribution in [2.45, 2.75) is 0 Å². The Morgan fingerprint density at radius 1 is 0.792 bits per heavy atom. The molecule has 0 N–H and O–H groups in total. The number of pyridine rings is 1. The molecule has 0 bridgehead atoms. The maximum atomic E-state index is 12.4. The fourth-order valence-corrected chi connectivity index (χ4v) is 2.48. The summed E-state index contributed by atoms with van der Waals surface area (Å²) in [5.74, 6) is 0. The molecule has 6 heteroatoms. The predicted octanol–water partition coefficient (Wildman–Crippen LogP) is 2.48. The molecule has 0 aliphatic rings. The van der Waals surface area contributed by atoms with Crippen LogP contribution in [0, 0.1) is 0 Å². The summed E-state index contributed by atoms with van der Waals surface area (Å²) in [6.07, 6.45) is 6.67. The third kappa shape index (κ3) is 2.50. The Balaban J connectivity index is 1.87. The minimum Gasteiger partial charge on any atom is -0.287 e. The van der Waals surface area contributed by atoms with Gasteiger partial charge in [0.05, 0.1) is 23.3 Å². The molecule has 0 aliphatic carbocycles. The van der Waals surface area contributed by atoms with Crippen LogP contribution >= 0.6 is 0 Å². The van der Waals surface area contributed by atoms with Gasteiger partial charge in [-0.1, -0.05) is 18.2 Å². The number of benzene rings is 1. The summed E-state index contributed by atoms with van der Waals surface area (Å²) in [6.45, 7) is 0. The Labute approximate surface area is 137 Å². The van der Waals surface area contributed by atoms with E-state index in [1.807, 2.05) is 42.5 Å². The summed E-state index contributed by atoms with van der Waals surface area (Å²) in [5, 5.41) is 8.81. The minimum atomic E-state index is -0.155. The summed E-state index contributed by atoms with van der Waals surface area (Å²) < 4.78 is 3.36. The van der Waals surface area contributed by atoms with E-state index in [2.05, 4.69) is 15.2 Å². The number of hydrogen-bond donors (Lipinski definition) is 0. The summed E-state index contributed by atoms with van der Waals surface area (Å²) in [6, 6.07) is 16.6. The van der Waals surface area contributed by atoms with Crippen molar-refractivity contribution in [3.8, 4) is 22.8 Å². The van der Waals surface area contributed by atoms with Crippen molar-refractivity contribution in [2.24, 2.45) is 0 Å². The van der Waals surface area contributed by atoms with Gasteiger partial charge in [-0.25, -0.2) is 9.36 Å². The van der Waals surface area contributed by atoms with E-state index in [-0.39, 0.29) is 5.43 Å². The highest BCUT2D eigenvalue weighted by molar-refractivity contribution is 5.57. The lowest BCUT2D eigenvalue weighted by Gasteiger charge is -2.09. The Bertz CT molecular complexity index is 1020. The number of para-hydroxylation sites is 1. The molecule has 3 heterocycles. The van der Waals surface area contributed by atoms with Gasteiger partial charge in [-0.15, -0.1) is 0 Å². The van der Waals surface area contributed by atoms with Crippen molar-refractivity contribution in [2.75, 3.05) is 0 Å². The molecule has 0 aliphatic heterocycles. The zero-order valence-electron chi connectivity index (χ0n) is 12.6. The highest BCUT2D eigenvalue weighted by atomic mass is 16.1. The van der Waals surface area contributed by atoms with Crippen LogP contribution in [0.4, 0.5) is 0 Å². The summed E-state index contributed by atoms with van der Waals surface area (Å²) in [5.41, 5.74) is 2.54. The molecule has 6 nitrogen and oxygen atoms in total. The van der Waals surface area contributed by atoms with E-state index >= 15 is 0 Å². The molecule has 0 radical (unpaired) electrons.